The highest BCUT2D eigenvalue weighted by molar-refractivity contribution is 6.09. The van der Waals surface area contributed by atoms with E-state index in [1.165, 1.54) is 0 Å². The first kappa shape index (κ1) is 16.6. The lowest BCUT2D eigenvalue weighted by Crippen LogP contribution is -2.35. The Morgan fingerprint density at radius 3 is 2.46 bits per heavy atom. The van der Waals surface area contributed by atoms with E-state index in [4.69, 9.17) is 9.72 Å². The minimum Gasteiger partial charge on any atom is -0.497 e. The molecule has 5 heteroatoms. The molecule has 26 heavy (non-hydrogen) atoms. The van der Waals surface area contributed by atoms with Crippen LogP contribution in [0.4, 0.5) is 5.69 Å². The molecule has 2 aromatic carbocycles. The lowest BCUT2D eigenvalue weighted by molar-refractivity contribution is -0.122. The van der Waals surface area contributed by atoms with E-state index in [0.717, 1.165) is 39.4 Å². The molecule has 5 nitrogen and oxygen atoms in total. The molecule has 0 radical (unpaired) electrons. The number of aromatic nitrogens is 2. The van der Waals surface area contributed by atoms with Crippen LogP contribution in [-0.4, -0.2) is 29.1 Å². The van der Waals surface area contributed by atoms with Gasteiger partial charge in [0, 0.05) is 19.2 Å². The van der Waals surface area contributed by atoms with Crippen LogP contribution in [0.3, 0.4) is 0 Å². The van der Waals surface area contributed by atoms with Gasteiger partial charge in [0.15, 0.2) is 0 Å². The van der Waals surface area contributed by atoms with Crippen LogP contribution in [0.25, 0.3) is 22.4 Å². The first-order valence-electron chi connectivity index (χ1n) is 8.85. The van der Waals surface area contributed by atoms with Gasteiger partial charge in [-0.15, -0.1) is 0 Å². The zero-order valence-electron chi connectivity index (χ0n) is 15.8. The number of hydrogen-bond acceptors (Lipinski definition) is 3. The van der Waals surface area contributed by atoms with Gasteiger partial charge in [-0.3, -0.25) is 4.79 Å². The summed E-state index contributed by atoms with van der Waals surface area (Å²) < 4.78 is 7.32. The number of anilines is 1. The Morgan fingerprint density at radius 2 is 1.85 bits per heavy atom. The van der Waals surface area contributed by atoms with Gasteiger partial charge in [-0.2, -0.15) is 0 Å². The van der Waals surface area contributed by atoms with Crippen molar-refractivity contribution in [2.45, 2.75) is 26.2 Å². The number of carbonyl (C=O) groups is 1. The van der Waals surface area contributed by atoms with Gasteiger partial charge >= 0.3 is 0 Å². The Balaban J connectivity index is 1.91. The molecule has 1 aliphatic rings. The number of nitrogens with zero attached hydrogens (tertiary/aromatic N) is 3. The third-order valence-corrected chi connectivity index (χ3v) is 5.41. The smallest absolute Gasteiger partial charge is 0.237 e. The monoisotopic (exact) mass is 349 g/mol. The normalized spacial score (nSPS) is 15.6. The highest BCUT2D eigenvalue weighted by atomic mass is 16.5. The maximum atomic E-state index is 12.7. The molecule has 4 rings (SSSR count). The van der Waals surface area contributed by atoms with E-state index in [1.807, 2.05) is 57.0 Å². The Bertz CT molecular complexity index is 1020. The van der Waals surface area contributed by atoms with Crippen molar-refractivity contribution in [3.8, 4) is 17.1 Å². The van der Waals surface area contributed by atoms with Gasteiger partial charge in [0.25, 0.3) is 0 Å². The van der Waals surface area contributed by atoms with Gasteiger partial charge < -0.3 is 14.2 Å². The lowest BCUT2D eigenvalue weighted by Gasteiger charge is -2.18. The SMILES string of the molecule is CCN1C(=O)C(C)(C)c2cc3nc(-c4ccc(OC)cc4)n(C)c3cc21. The Hall–Kier alpha value is -2.82. The highest BCUT2D eigenvalue weighted by Gasteiger charge is 2.43. The van der Waals surface area contributed by atoms with Crippen LogP contribution >= 0.6 is 0 Å². The molecule has 0 atom stereocenters. The minimum absolute atomic E-state index is 0.153. The summed E-state index contributed by atoms with van der Waals surface area (Å²) in [6, 6.07) is 12.1. The fourth-order valence-electron chi connectivity index (χ4n) is 3.83. The number of likely N-dealkylation sites (N-methyl/N-ethyl adjacent to an activating group) is 1. The topological polar surface area (TPSA) is 47.4 Å². The van der Waals surface area contributed by atoms with Gasteiger partial charge in [0.2, 0.25) is 5.91 Å². The third-order valence-electron chi connectivity index (χ3n) is 5.41. The second kappa shape index (κ2) is 5.59. The molecular weight excluding hydrogens is 326 g/mol. The first-order chi connectivity index (χ1) is 12.4. The molecule has 0 fully saturated rings. The van der Waals surface area contributed by atoms with Crippen molar-refractivity contribution in [1.29, 1.82) is 0 Å². The predicted molar refractivity (Wildman–Crippen MR) is 104 cm³/mol. The number of rotatable bonds is 3. The zero-order chi connectivity index (χ0) is 18.6. The van der Waals surface area contributed by atoms with Crippen LogP contribution < -0.4 is 9.64 Å². The maximum absolute atomic E-state index is 12.7. The predicted octanol–water partition coefficient (Wildman–Crippen LogP) is 3.89. The number of fused-ring (bicyclic) bond motifs is 2. The van der Waals surface area contributed by atoms with Crippen LogP contribution in [0.2, 0.25) is 0 Å². The number of methoxy groups -OCH3 is 1. The second-order valence-corrected chi connectivity index (χ2v) is 7.26. The van der Waals surface area contributed by atoms with Crippen molar-refractivity contribution in [1.82, 2.24) is 9.55 Å². The summed E-state index contributed by atoms with van der Waals surface area (Å²) in [5.74, 6) is 1.88. The second-order valence-electron chi connectivity index (χ2n) is 7.26. The van der Waals surface area contributed by atoms with Crippen LogP contribution in [0, 0.1) is 0 Å². The number of benzene rings is 2. The van der Waals surface area contributed by atoms with Crippen molar-refractivity contribution in [2.24, 2.45) is 7.05 Å². The molecule has 134 valence electrons. The van der Waals surface area contributed by atoms with E-state index in [9.17, 15) is 4.79 Å². The molecule has 0 saturated carbocycles. The fraction of sp³-hybridized carbons (Fsp3) is 0.333. The molecule has 0 unspecified atom stereocenters. The van der Waals surface area contributed by atoms with Crippen LogP contribution in [-0.2, 0) is 17.3 Å². The number of carbonyl (C=O) groups excluding carboxylic acids is 1. The van der Waals surface area contributed by atoms with E-state index in [2.05, 4.69) is 16.7 Å². The maximum Gasteiger partial charge on any atom is 0.237 e. The van der Waals surface area contributed by atoms with E-state index < -0.39 is 5.41 Å². The molecule has 1 aromatic heterocycles. The van der Waals surface area contributed by atoms with Gasteiger partial charge in [0.05, 0.1) is 29.2 Å². The largest absolute Gasteiger partial charge is 0.497 e. The van der Waals surface area contributed by atoms with Crippen molar-refractivity contribution in [3.63, 3.8) is 0 Å². The summed E-state index contributed by atoms with van der Waals surface area (Å²) in [6.45, 7) is 6.66. The van der Waals surface area contributed by atoms with E-state index in [-0.39, 0.29) is 5.91 Å². The summed E-state index contributed by atoms with van der Waals surface area (Å²) in [4.78, 5) is 19.5. The summed E-state index contributed by atoms with van der Waals surface area (Å²) in [6.07, 6.45) is 0. The molecule has 3 aromatic rings. The Morgan fingerprint density at radius 1 is 1.15 bits per heavy atom. The molecule has 0 saturated heterocycles. The van der Waals surface area contributed by atoms with E-state index in [0.29, 0.717) is 6.54 Å². The number of imidazole rings is 1. The first-order valence-corrected chi connectivity index (χ1v) is 8.85. The third kappa shape index (κ3) is 2.16. The van der Waals surface area contributed by atoms with Crippen molar-refractivity contribution >= 4 is 22.6 Å². The average Bonchev–Trinajstić information content (AvgIpc) is 3.06. The van der Waals surface area contributed by atoms with Crippen LogP contribution in [0.5, 0.6) is 5.75 Å². The molecule has 0 aliphatic carbocycles. The van der Waals surface area contributed by atoms with Crippen LogP contribution in [0.15, 0.2) is 36.4 Å². The van der Waals surface area contributed by atoms with Crippen molar-refractivity contribution < 1.29 is 9.53 Å². The molecule has 0 bridgehead atoms. The Labute approximate surface area is 153 Å². The van der Waals surface area contributed by atoms with Gasteiger partial charge in [-0.25, -0.2) is 4.98 Å². The van der Waals surface area contributed by atoms with Gasteiger partial charge in [-0.1, -0.05) is 0 Å². The average molecular weight is 349 g/mol. The number of ether oxygens (including phenoxy) is 1. The molecule has 0 N–H and O–H groups in total. The summed E-state index contributed by atoms with van der Waals surface area (Å²) in [5, 5.41) is 0. The molecule has 0 spiro atoms. The van der Waals surface area contributed by atoms with Crippen LogP contribution in [0.1, 0.15) is 26.3 Å². The van der Waals surface area contributed by atoms with Gasteiger partial charge in [-0.05, 0) is 62.7 Å². The van der Waals surface area contributed by atoms with Gasteiger partial charge in [0.1, 0.15) is 11.6 Å². The number of hydrogen-bond donors (Lipinski definition) is 0. The fourth-order valence-corrected chi connectivity index (χ4v) is 3.83. The standard InChI is InChI=1S/C21H23N3O2/c1-6-24-17-12-18-16(11-15(17)21(2,3)20(24)25)22-19(23(18)4)13-7-9-14(26-5)10-8-13/h7-12H,6H2,1-5H3. The molecule has 2 heterocycles. The van der Waals surface area contributed by atoms with E-state index >= 15 is 0 Å². The summed E-state index contributed by atoms with van der Waals surface area (Å²) in [5.41, 5.74) is 4.51. The summed E-state index contributed by atoms with van der Waals surface area (Å²) in [7, 11) is 3.67. The Kier molecular flexibility index (Phi) is 3.58. The summed E-state index contributed by atoms with van der Waals surface area (Å²) >= 11 is 0. The quantitative estimate of drug-likeness (QED) is 0.721. The highest BCUT2D eigenvalue weighted by Crippen LogP contribution is 2.43. The van der Waals surface area contributed by atoms with E-state index in [1.54, 1.807) is 7.11 Å². The van der Waals surface area contributed by atoms with Crippen molar-refractivity contribution in [3.05, 3.63) is 42.0 Å². The number of amides is 1. The zero-order valence-corrected chi connectivity index (χ0v) is 15.8. The molecular formula is C21H23N3O2. The lowest BCUT2D eigenvalue weighted by atomic mass is 9.86. The molecule has 1 aliphatic heterocycles. The number of aryl methyl sites for hydroxylation is 1. The molecule has 1 amide bonds. The minimum atomic E-state index is -0.517. The van der Waals surface area contributed by atoms with Crippen molar-refractivity contribution in [2.75, 3.05) is 18.6 Å².